The number of ether oxygens (including phenoxy) is 1. The molecule has 1 aromatic rings. The van der Waals surface area contributed by atoms with E-state index in [1.54, 1.807) is 6.92 Å². The first-order valence-electron chi connectivity index (χ1n) is 7.00. The Morgan fingerprint density at radius 1 is 1.48 bits per heavy atom. The molecule has 0 radical (unpaired) electrons. The number of carbonyl (C=O) groups excluding carboxylic acids is 2. The first-order valence-corrected chi connectivity index (χ1v) is 7.00. The molecule has 1 aliphatic rings. The van der Waals surface area contributed by atoms with Gasteiger partial charge >= 0.3 is 6.09 Å². The third-order valence-electron chi connectivity index (χ3n) is 3.64. The van der Waals surface area contributed by atoms with Crippen molar-refractivity contribution in [2.75, 3.05) is 6.61 Å². The van der Waals surface area contributed by atoms with E-state index in [9.17, 15) is 19.7 Å². The molecule has 0 aromatic heterocycles. The van der Waals surface area contributed by atoms with Crippen LogP contribution in [0.1, 0.15) is 12.5 Å². The number of amides is 2. The summed E-state index contributed by atoms with van der Waals surface area (Å²) >= 11 is 0. The van der Waals surface area contributed by atoms with E-state index in [-0.39, 0.29) is 36.8 Å². The van der Waals surface area contributed by atoms with Crippen molar-refractivity contribution in [2.24, 2.45) is 5.92 Å². The monoisotopic (exact) mass is 323 g/mol. The van der Waals surface area contributed by atoms with Gasteiger partial charge in [0, 0.05) is 24.7 Å². The number of aliphatic hydroxyl groups excluding tert-OH is 1. The van der Waals surface area contributed by atoms with E-state index < -0.39 is 17.1 Å². The molecule has 1 aromatic carbocycles. The molecule has 3 atom stereocenters. The highest BCUT2D eigenvalue weighted by Crippen LogP contribution is 2.16. The van der Waals surface area contributed by atoms with Gasteiger partial charge in [-0.3, -0.25) is 14.9 Å². The van der Waals surface area contributed by atoms with Crippen LogP contribution in [0.15, 0.2) is 24.3 Å². The summed E-state index contributed by atoms with van der Waals surface area (Å²) in [6.07, 6.45) is -0.765. The molecular weight excluding hydrogens is 306 g/mol. The van der Waals surface area contributed by atoms with Crippen LogP contribution in [0.4, 0.5) is 10.5 Å². The van der Waals surface area contributed by atoms with E-state index in [1.165, 1.54) is 24.3 Å². The lowest BCUT2D eigenvalue weighted by molar-refractivity contribution is -0.384. The fourth-order valence-electron chi connectivity index (χ4n) is 2.18. The summed E-state index contributed by atoms with van der Waals surface area (Å²) < 4.78 is 4.98. The lowest BCUT2D eigenvalue weighted by atomic mass is 9.88. The van der Waals surface area contributed by atoms with Gasteiger partial charge in [0.2, 0.25) is 5.91 Å². The van der Waals surface area contributed by atoms with Gasteiger partial charge in [-0.25, -0.2) is 4.79 Å². The van der Waals surface area contributed by atoms with Crippen molar-refractivity contribution in [3.63, 3.8) is 0 Å². The van der Waals surface area contributed by atoms with Crippen LogP contribution < -0.4 is 10.6 Å². The predicted octanol–water partition coefficient (Wildman–Crippen LogP) is 0.316. The Morgan fingerprint density at radius 3 is 2.65 bits per heavy atom. The molecule has 0 unspecified atom stereocenters. The van der Waals surface area contributed by atoms with E-state index in [0.29, 0.717) is 5.56 Å². The zero-order valence-electron chi connectivity index (χ0n) is 12.4. The van der Waals surface area contributed by atoms with Gasteiger partial charge in [-0.1, -0.05) is 6.92 Å². The minimum atomic E-state index is -0.765. The number of β-lactam (4-membered cyclic amide) rings is 1. The van der Waals surface area contributed by atoms with Gasteiger partial charge in [0.15, 0.2) is 0 Å². The highest BCUT2D eigenvalue weighted by Gasteiger charge is 2.43. The lowest BCUT2D eigenvalue weighted by Gasteiger charge is -2.39. The summed E-state index contributed by atoms with van der Waals surface area (Å²) in [6, 6.07) is 4.53. The van der Waals surface area contributed by atoms with E-state index >= 15 is 0 Å². The normalized spacial score (nSPS) is 20.9. The number of nitro benzene ring substituents is 1. The number of nitro groups is 1. The standard InChI is InChI=1S/C14H17N3O6/c1-8(6-18)11-12(13(19)15-11)16-14(20)23-7-9-2-4-10(5-3-9)17(21)22/h2-5,8,11-12,18H,6-7H2,1H3,(H,15,19)(H,16,20)/t8-,11+,12-/m0/s1. The summed E-state index contributed by atoms with van der Waals surface area (Å²) in [7, 11) is 0. The van der Waals surface area contributed by atoms with Gasteiger partial charge in [-0.2, -0.15) is 0 Å². The summed E-state index contributed by atoms with van der Waals surface area (Å²) in [5, 5.41) is 24.7. The fourth-order valence-corrected chi connectivity index (χ4v) is 2.18. The molecule has 0 aliphatic carbocycles. The van der Waals surface area contributed by atoms with Crippen LogP contribution in [0.25, 0.3) is 0 Å². The van der Waals surface area contributed by atoms with E-state index in [4.69, 9.17) is 9.84 Å². The quantitative estimate of drug-likeness (QED) is 0.392. The molecule has 124 valence electrons. The van der Waals surface area contributed by atoms with E-state index in [0.717, 1.165) is 0 Å². The van der Waals surface area contributed by atoms with E-state index in [1.807, 2.05) is 0 Å². The zero-order valence-corrected chi connectivity index (χ0v) is 12.4. The predicted molar refractivity (Wildman–Crippen MR) is 78.4 cm³/mol. The molecule has 1 fully saturated rings. The Morgan fingerprint density at radius 2 is 2.13 bits per heavy atom. The first-order chi connectivity index (χ1) is 10.9. The van der Waals surface area contributed by atoms with Gasteiger partial charge < -0.3 is 20.5 Å². The molecule has 2 amide bonds. The van der Waals surface area contributed by atoms with Gasteiger partial charge in [0.1, 0.15) is 12.6 Å². The average Bonchev–Trinajstić information content (AvgIpc) is 2.55. The summed E-state index contributed by atoms with van der Waals surface area (Å²) in [5.41, 5.74) is 0.536. The molecule has 1 aliphatic heterocycles. The Kier molecular flexibility index (Phi) is 5.12. The topological polar surface area (TPSA) is 131 Å². The molecule has 23 heavy (non-hydrogen) atoms. The molecular formula is C14H17N3O6. The second kappa shape index (κ2) is 7.05. The number of alkyl carbamates (subject to hydrolysis) is 1. The van der Waals surface area contributed by atoms with Crippen molar-refractivity contribution in [2.45, 2.75) is 25.6 Å². The van der Waals surface area contributed by atoms with Gasteiger partial charge in [0.05, 0.1) is 11.0 Å². The Balaban J connectivity index is 1.83. The summed E-state index contributed by atoms with van der Waals surface area (Å²) in [6.45, 7) is 1.57. The van der Waals surface area contributed by atoms with Crippen molar-refractivity contribution in [3.8, 4) is 0 Å². The summed E-state index contributed by atoms with van der Waals surface area (Å²) in [5.74, 6) is -0.518. The smallest absolute Gasteiger partial charge is 0.408 e. The fraction of sp³-hybridized carbons (Fsp3) is 0.429. The highest BCUT2D eigenvalue weighted by molar-refractivity contribution is 5.92. The Labute approximate surface area is 131 Å². The van der Waals surface area contributed by atoms with Crippen molar-refractivity contribution >= 4 is 17.7 Å². The van der Waals surface area contributed by atoms with E-state index in [2.05, 4.69) is 10.6 Å². The van der Waals surface area contributed by atoms with Crippen LogP contribution in [0.3, 0.4) is 0 Å². The van der Waals surface area contributed by atoms with Gasteiger partial charge in [-0.15, -0.1) is 0 Å². The van der Waals surface area contributed by atoms with Crippen molar-refractivity contribution in [3.05, 3.63) is 39.9 Å². The number of hydrogen-bond donors (Lipinski definition) is 3. The summed E-state index contributed by atoms with van der Waals surface area (Å²) in [4.78, 5) is 33.2. The lowest BCUT2D eigenvalue weighted by Crippen LogP contribution is -2.71. The number of benzene rings is 1. The Hall–Kier alpha value is -2.68. The maximum atomic E-state index is 11.7. The van der Waals surface area contributed by atoms with Crippen LogP contribution >= 0.6 is 0 Å². The second-order valence-electron chi connectivity index (χ2n) is 5.32. The number of hydrogen-bond acceptors (Lipinski definition) is 6. The number of non-ortho nitro benzene ring substituents is 1. The molecule has 1 heterocycles. The van der Waals surface area contributed by atoms with Crippen LogP contribution in [-0.4, -0.2) is 40.7 Å². The minimum Gasteiger partial charge on any atom is -0.445 e. The second-order valence-corrected chi connectivity index (χ2v) is 5.32. The van der Waals surface area contributed by atoms with Crippen LogP contribution in [0.2, 0.25) is 0 Å². The van der Waals surface area contributed by atoms with Gasteiger partial charge in [-0.05, 0) is 17.7 Å². The highest BCUT2D eigenvalue weighted by atomic mass is 16.6. The molecule has 9 heteroatoms. The third-order valence-corrected chi connectivity index (χ3v) is 3.64. The number of nitrogens with one attached hydrogen (secondary N) is 2. The average molecular weight is 323 g/mol. The molecule has 3 N–H and O–H groups in total. The largest absolute Gasteiger partial charge is 0.445 e. The molecule has 9 nitrogen and oxygen atoms in total. The Bertz CT molecular complexity index is 603. The van der Waals surface area contributed by atoms with Crippen molar-refractivity contribution in [1.29, 1.82) is 0 Å². The molecule has 2 rings (SSSR count). The van der Waals surface area contributed by atoms with Crippen LogP contribution in [0.5, 0.6) is 0 Å². The number of carbonyl (C=O) groups is 2. The molecule has 0 spiro atoms. The number of nitrogens with zero attached hydrogens (tertiary/aromatic N) is 1. The molecule has 1 saturated heterocycles. The zero-order chi connectivity index (χ0) is 17.0. The molecule has 0 saturated carbocycles. The van der Waals surface area contributed by atoms with Gasteiger partial charge in [0.25, 0.3) is 5.69 Å². The maximum Gasteiger partial charge on any atom is 0.408 e. The van der Waals surface area contributed by atoms with Crippen LogP contribution in [0, 0.1) is 16.0 Å². The maximum absolute atomic E-state index is 11.7. The van der Waals surface area contributed by atoms with Crippen molar-refractivity contribution < 1.29 is 24.4 Å². The van der Waals surface area contributed by atoms with Crippen LogP contribution in [-0.2, 0) is 16.1 Å². The molecule has 0 bridgehead atoms. The number of aliphatic hydroxyl groups is 1. The first kappa shape index (κ1) is 16.7. The third kappa shape index (κ3) is 3.95. The number of rotatable bonds is 6. The minimum absolute atomic E-state index is 0.0508. The SMILES string of the molecule is C[C@@H](CO)[C@H]1NC(=O)[C@H]1NC(=O)OCc1ccc([N+](=O)[O-])cc1. The van der Waals surface area contributed by atoms with Crippen molar-refractivity contribution in [1.82, 2.24) is 10.6 Å².